The normalized spacial score (nSPS) is 17.2. The molecule has 4 N–H and O–H groups in total. The fourth-order valence-corrected chi connectivity index (χ4v) is 4.70. The van der Waals surface area contributed by atoms with E-state index in [-0.39, 0.29) is 18.9 Å². The first kappa shape index (κ1) is 23.7. The lowest BCUT2D eigenvalue weighted by Gasteiger charge is -2.37. The molecule has 1 saturated heterocycles. The van der Waals surface area contributed by atoms with Crippen molar-refractivity contribution in [1.82, 2.24) is 10.6 Å². The molecule has 2 aromatic rings. The number of aliphatic hydroxyl groups excluding tert-OH is 1. The number of nitrogens with one attached hydrogen (secondary N) is 2. The molecule has 1 aliphatic carbocycles. The van der Waals surface area contributed by atoms with Gasteiger partial charge in [0.15, 0.2) is 0 Å². The average Bonchev–Trinajstić information content (AvgIpc) is 3.15. The summed E-state index contributed by atoms with van der Waals surface area (Å²) in [6.07, 6.45) is -0.0404. The molecule has 4 rings (SSSR count). The number of fused-ring (bicyclic) bond motifs is 3. The second-order valence-corrected chi connectivity index (χ2v) is 8.66. The maximum atomic E-state index is 12.8. The monoisotopic (exact) mass is 468 g/mol. The lowest BCUT2D eigenvalue weighted by Crippen LogP contribution is -2.56. The molecule has 9 heteroatoms. The van der Waals surface area contributed by atoms with Gasteiger partial charge in [-0.1, -0.05) is 48.5 Å². The minimum absolute atomic E-state index is 0.0898. The number of carboxylic acids is 1. The molecule has 34 heavy (non-hydrogen) atoms. The van der Waals surface area contributed by atoms with E-state index in [2.05, 4.69) is 22.8 Å². The minimum atomic E-state index is -1.40. The Kier molecular flexibility index (Phi) is 7.14. The summed E-state index contributed by atoms with van der Waals surface area (Å²) in [7, 11) is 0. The van der Waals surface area contributed by atoms with Crippen LogP contribution < -0.4 is 10.6 Å². The molecule has 1 atom stereocenters. The molecule has 0 bridgehead atoms. The topological polar surface area (TPSA) is 134 Å². The molecule has 2 amide bonds. The van der Waals surface area contributed by atoms with Gasteiger partial charge in [-0.2, -0.15) is 0 Å². The van der Waals surface area contributed by atoms with Gasteiger partial charge in [0.1, 0.15) is 12.6 Å². The van der Waals surface area contributed by atoms with Crippen molar-refractivity contribution in [2.75, 3.05) is 26.4 Å². The van der Waals surface area contributed by atoms with Crippen molar-refractivity contribution >= 4 is 18.0 Å². The number of carbonyl (C=O) groups excluding carboxylic acids is 2. The Morgan fingerprint density at radius 1 is 1.03 bits per heavy atom. The van der Waals surface area contributed by atoms with Crippen LogP contribution in [-0.2, 0) is 19.1 Å². The highest BCUT2D eigenvalue weighted by Gasteiger charge is 2.38. The van der Waals surface area contributed by atoms with Crippen molar-refractivity contribution in [3.05, 3.63) is 59.7 Å². The smallest absolute Gasteiger partial charge is 0.407 e. The van der Waals surface area contributed by atoms with Gasteiger partial charge < -0.3 is 30.3 Å². The first-order valence-corrected chi connectivity index (χ1v) is 11.3. The average molecular weight is 469 g/mol. The molecule has 1 fully saturated rings. The van der Waals surface area contributed by atoms with Gasteiger partial charge in [0, 0.05) is 19.1 Å². The Morgan fingerprint density at radius 3 is 2.18 bits per heavy atom. The molecular formula is C25H28N2O7. The van der Waals surface area contributed by atoms with E-state index in [4.69, 9.17) is 19.7 Å². The molecular weight excluding hydrogens is 440 g/mol. The number of benzene rings is 2. The first-order valence-electron chi connectivity index (χ1n) is 11.3. The summed E-state index contributed by atoms with van der Waals surface area (Å²) in [6.45, 7) is 0.111. The van der Waals surface area contributed by atoms with Gasteiger partial charge in [-0.25, -0.2) is 9.59 Å². The lowest BCUT2D eigenvalue weighted by atomic mass is 9.86. The molecule has 0 spiro atoms. The van der Waals surface area contributed by atoms with Gasteiger partial charge in [0.2, 0.25) is 5.91 Å². The van der Waals surface area contributed by atoms with Gasteiger partial charge in [0.05, 0.1) is 18.6 Å². The summed E-state index contributed by atoms with van der Waals surface area (Å²) in [4.78, 5) is 36.4. The minimum Gasteiger partial charge on any atom is -0.480 e. The van der Waals surface area contributed by atoms with E-state index >= 15 is 0 Å². The van der Waals surface area contributed by atoms with E-state index < -0.39 is 36.2 Å². The van der Waals surface area contributed by atoms with Crippen LogP contribution >= 0.6 is 0 Å². The SMILES string of the molecule is O=C(CC1(NC(=O)OCC2c3ccccc3-c3ccccc32)CCOCC1)N[C@@H](CO)C(=O)O. The standard InChI is InChI=1S/C25H28N2O7/c28-14-21(23(30)31)26-22(29)13-25(9-11-33-12-10-25)27-24(32)34-15-20-18-7-3-1-5-16(18)17-6-2-4-8-19(17)20/h1-8,20-21,28H,9-15H2,(H,26,29)(H,27,32)(H,30,31)/t21-/m0/s1. The van der Waals surface area contributed by atoms with Crippen molar-refractivity contribution in [1.29, 1.82) is 0 Å². The fourth-order valence-electron chi connectivity index (χ4n) is 4.70. The van der Waals surface area contributed by atoms with Crippen LogP contribution in [0.2, 0.25) is 0 Å². The van der Waals surface area contributed by atoms with Crippen LogP contribution in [-0.4, -0.2) is 66.2 Å². The third-order valence-electron chi connectivity index (χ3n) is 6.48. The van der Waals surface area contributed by atoms with E-state index in [0.717, 1.165) is 22.3 Å². The first-order chi connectivity index (χ1) is 16.4. The Hall–Kier alpha value is -3.43. The van der Waals surface area contributed by atoms with E-state index in [9.17, 15) is 14.4 Å². The summed E-state index contributed by atoms with van der Waals surface area (Å²) in [6, 6.07) is 14.7. The Bertz CT molecular complexity index is 1020. The fraction of sp³-hybridized carbons (Fsp3) is 0.400. The summed E-state index contributed by atoms with van der Waals surface area (Å²) in [5.41, 5.74) is 3.52. The second kappa shape index (κ2) is 10.2. The third kappa shape index (κ3) is 5.05. The Morgan fingerprint density at radius 2 is 1.62 bits per heavy atom. The third-order valence-corrected chi connectivity index (χ3v) is 6.48. The molecule has 0 saturated carbocycles. The van der Waals surface area contributed by atoms with Crippen LogP contribution in [0.5, 0.6) is 0 Å². The van der Waals surface area contributed by atoms with Crippen molar-refractivity contribution in [3.8, 4) is 11.1 Å². The molecule has 1 heterocycles. The van der Waals surface area contributed by atoms with Gasteiger partial charge in [-0.3, -0.25) is 4.79 Å². The van der Waals surface area contributed by atoms with Crippen molar-refractivity contribution in [3.63, 3.8) is 0 Å². The van der Waals surface area contributed by atoms with E-state index in [1.165, 1.54) is 0 Å². The van der Waals surface area contributed by atoms with Crippen LogP contribution in [0.25, 0.3) is 11.1 Å². The van der Waals surface area contributed by atoms with Gasteiger partial charge in [-0.05, 0) is 35.1 Å². The summed E-state index contributed by atoms with van der Waals surface area (Å²) in [5.74, 6) is -2.00. The van der Waals surface area contributed by atoms with Crippen molar-refractivity contribution in [2.45, 2.75) is 36.8 Å². The number of carboxylic acid groups (broad SMARTS) is 1. The Labute approximate surface area is 197 Å². The Balaban J connectivity index is 1.42. The molecule has 2 aromatic carbocycles. The summed E-state index contributed by atoms with van der Waals surface area (Å²) in [5, 5.41) is 23.4. The van der Waals surface area contributed by atoms with Crippen LogP contribution in [0.15, 0.2) is 48.5 Å². The van der Waals surface area contributed by atoms with Gasteiger partial charge >= 0.3 is 12.1 Å². The predicted octanol–water partition coefficient (Wildman–Crippen LogP) is 2.03. The van der Waals surface area contributed by atoms with Crippen molar-refractivity contribution < 1.29 is 34.1 Å². The van der Waals surface area contributed by atoms with E-state index in [1.54, 1.807) is 0 Å². The summed E-state index contributed by atoms with van der Waals surface area (Å²) < 4.78 is 11.0. The van der Waals surface area contributed by atoms with Crippen LogP contribution in [0.4, 0.5) is 4.79 Å². The number of hydrogen-bond donors (Lipinski definition) is 4. The lowest BCUT2D eigenvalue weighted by molar-refractivity contribution is -0.143. The summed E-state index contributed by atoms with van der Waals surface area (Å²) >= 11 is 0. The molecule has 0 unspecified atom stereocenters. The second-order valence-electron chi connectivity index (χ2n) is 8.66. The zero-order valence-corrected chi connectivity index (χ0v) is 18.7. The molecule has 0 radical (unpaired) electrons. The maximum absolute atomic E-state index is 12.8. The highest BCUT2D eigenvalue weighted by Crippen LogP contribution is 2.44. The molecule has 0 aromatic heterocycles. The zero-order chi connectivity index (χ0) is 24.1. The number of carbonyl (C=O) groups is 3. The number of hydrogen-bond acceptors (Lipinski definition) is 6. The van der Waals surface area contributed by atoms with Crippen molar-refractivity contribution in [2.24, 2.45) is 0 Å². The van der Waals surface area contributed by atoms with Crippen LogP contribution in [0.1, 0.15) is 36.3 Å². The van der Waals surface area contributed by atoms with Crippen LogP contribution in [0, 0.1) is 0 Å². The van der Waals surface area contributed by atoms with E-state index in [0.29, 0.717) is 26.1 Å². The number of ether oxygens (including phenoxy) is 2. The maximum Gasteiger partial charge on any atom is 0.407 e. The molecule has 180 valence electrons. The number of aliphatic hydroxyl groups is 1. The highest BCUT2D eigenvalue weighted by atomic mass is 16.5. The number of amides is 2. The zero-order valence-electron chi connectivity index (χ0n) is 18.7. The van der Waals surface area contributed by atoms with E-state index in [1.807, 2.05) is 36.4 Å². The quantitative estimate of drug-likeness (QED) is 0.466. The van der Waals surface area contributed by atoms with Gasteiger partial charge in [-0.15, -0.1) is 0 Å². The highest BCUT2D eigenvalue weighted by molar-refractivity contribution is 5.85. The number of alkyl carbamates (subject to hydrolysis) is 1. The number of rotatable bonds is 8. The molecule has 1 aliphatic heterocycles. The number of aliphatic carboxylic acids is 1. The molecule has 2 aliphatic rings. The van der Waals surface area contributed by atoms with Gasteiger partial charge in [0.25, 0.3) is 0 Å². The predicted molar refractivity (Wildman–Crippen MR) is 122 cm³/mol. The largest absolute Gasteiger partial charge is 0.480 e. The molecule has 9 nitrogen and oxygen atoms in total. The van der Waals surface area contributed by atoms with Crippen LogP contribution in [0.3, 0.4) is 0 Å².